The normalized spacial score (nSPS) is 10.2. The highest BCUT2D eigenvalue weighted by atomic mass is 79.9. The van der Waals surface area contributed by atoms with Crippen LogP contribution in [0, 0.1) is 10.1 Å². The molecule has 2 aromatic rings. The first-order chi connectivity index (χ1) is 8.13. The van der Waals surface area contributed by atoms with E-state index < -0.39 is 4.92 Å². The summed E-state index contributed by atoms with van der Waals surface area (Å²) < 4.78 is 5.01. The molecule has 17 heavy (non-hydrogen) atoms. The van der Waals surface area contributed by atoms with Crippen molar-refractivity contribution in [1.82, 2.24) is 5.16 Å². The van der Waals surface area contributed by atoms with Crippen molar-refractivity contribution >= 4 is 27.9 Å². The number of aromatic nitrogens is 1. The maximum atomic E-state index is 10.8. The Morgan fingerprint density at radius 2 is 2.24 bits per heavy atom. The van der Waals surface area contributed by atoms with Crippen LogP contribution in [0.2, 0.25) is 0 Å². The fraction of sp³-hybridized carbons (Fsp3) is 0. The highest BCUT2D eigenvalue weighted by Crippen LogP contribution is 2.29. The maximum absolute atomic E-state index is 10.8. The van der Waals surface area contributed by atoms with Gasteiger partial charge in [0.2, 0.25) is 4.67 Å². The Morgan fingerprint density at radius 1 is 1.47 bits per heavy atom. The van der Waals surface area contributed by atoms with Gasteiger partial charge in [-0.2, -0.15) is 0 Å². The molecule has 0 aliphatic carbocycles. The summed E-state index contributed by atoms with van der Waals surface area (Å²) in [4.78, 5) is 20.9. The lowest BCUT2D eigenvalue weighted by molar-refractivity contribution is -0.384. The molecule has 1 heterocycles. The molecular formula is C10H5BrN2O4. The van der Waals surface area contributed by atoms with E-state index in [1.807, 2.05) is 0 Å². The van der Waals surface area contributed by atoms with Crippen LogP contribution < -0.4 is 0 Å². The Balaban J connectivity index is 2.56. The number of halogens is 1. The topological polar surface area (TPSA) is 86.2 Å². The molecule has 7 heteroatoms. The molecule has 0 bridgehead atoms. The van der Waals surface area contributed by atoms with Crippen molar-refractivity contribution < 1.29 is 14.2 Å². The maximum Gasteiger partial charge on any atom is 0.270 e. The molecule has 0 fully saturated rings. The summed E-state index contributed by atoms with van der Waals surface area (Å²) in [5.41, 5.74) is 0.885. The van der Waals surface area contributed by atoms with Crippen LogP contribution in [0.25, 0.3) is 11.3 Å². The number of nitrogens with zero attached hydrogens (tertiary/aromatic N) is 2. The summed E-state index contributed by atoms with van der Waals surface area (Å²) in [5.74, 6) is 0. The fourth-order valence-corrected chi connectivity index (χ4v) is 1.71. The van der Waals surface area contributed by atoms with Gasteiger partial charge in [-0.3, -0.25) is 14.9 Å². The Hall–Kier alpha value is -2.02. The number of carbonyl (C=O) groups excluding carboxylic acids is 1. The van der Waals surface area contributed by atoms with E-state index in [0.29, 0.717) is 11.8 Å². The number of hydrogen-bond acceptors (Lipinski definition) is 5. The third kappa shape index (κ3) is 2.09. The molecule has 2 rings (SSSR count). The molecule has 86 valence electrons. The summed E-state index contributed by atoms with van der Waals surface area (Å²) in [6.45, 7) is 0. The molecule has 0 atom stereocenters. The lowest BCUT2D eigenvalue weighted by atomic mass is 10.1. The first-order valence-electron chi connectivity index (χ1n) is 4.48. The number of hydrogen-bond donors (Lipinski definition) is 0. The molecule has 0 spiro atoms. The van der Waals surface area contributed by atoms with Crippen LogP contribution in [0.5, 0.6) is 0 Å². The minimum Gasteiger partial charge on any atom is -0.348 e. The van der Waals surface area contributed by atoms with Gasteiger partial charge in [0.1, 0.15) is 5.69 Å². The van der Waals surface area contributed by atoms with Crippen molar-refractivity contribution in [2.75, 3.05) is 0 Å². The molecule has 0 aliphatic rings. The predicted molar refractivity (Wildman–Crippen MR) is 61.7 cm³/mol. The quantitative estimate of drug-likeness (QED) is 0.494. The molecule has 0 unspecified atom stereocenters. The smallest absolute Gasteiger partial charge is 0.270 e. The number of carbonyl (C=O) groups is 1. The van der Waals surface area contributed by atoms with Crippen LogP contribution in [0.15, 0.2) is 33.5 Å². The minimum atomic E-state index is -0.515. The molecule has 1 aromatic heterocycles. The summed E-state index contributed by atoms with van der Waals surface area (Å²) in [7, 11) is 0. The Labute approximate surface area is 104 Å². The van der Waals surface area contributed by atoms with Crippen LogP contribution in [0.4, 0.5) is 5.69 Å². The van der Waals surface area contributed by atoms with Gasteiger partial charge < -0.3 is 4.52 Å². The van der Waals surface area contributed by atoms with Gasteiger partial charge in [0.25, 0.3) is 5.69 Å². The van der Waals surface area contributed by atoms with E-state index in [4.69, 9.17) is 4.52 Å². The third-order valence-corrected chi connectivity index (χ3v) is 2.70. The predicted octanol–water partition coefficient (Wildman–Crippen LogP) is 2.82. The number of aldehydes is 1. The van der Waals surface area contributed by atoms with Gasteiger partial charge in [0, 0.05) is 17.7 Å². The number of nitro benzene ring substituents is 1. The van der Waals surface area contributed by atoms with Gasteiger partial charge in [-0.1, -0.05) is 17.3 Å². The number of benzene rings is 1. The molecule has 0 aliphatic heterocycles. The molecule has 6 nitrogen and oxygen atoms in total. The van der Waals surface area contributed by atoms with E-state index in [1.54, 1.807) is 6.07 Å². The van der Waals surface area contributed by atoms with Crippen LogP contribution in [0.1, 0.15) is 10.4 Å². The van der Waals surface area contributed by atoms with E-state index in [1.165, 1.54) is 18.2 Å². The average molecular weight is 297 g/mol. The van der Waals surface area contributed by atoms with Gasteiger partial charge in [0.05, 0.1) is 10.5 Å². The van der Waals surface area contributed by atoms with Gasteiger partial charge in [-0.15, -0.1) is 0 Å². The second-order valence-corrected chi connectivity index (χ2v) is 3.86. The summed E-state index contributed by atoms with van der Waals surface area (Å²) in [6.07, 6.45) is 0.578. The highest BCUT2D eigenvalue weighted by molar-refractivity contribution is 9.10. The van der Waals surface area contributed by atoms with E-state index in [9.17, 15) is 14.9 Å². The van der Waals surface area contributed by atoms with Gasteiger partial charge >= 0.3 is 0 Å². The van der Waals surface area contributed by atoms with Gasteiger partial charge in [0.15, 0.2) is 6.29 Å². The lowest BCUT2D eigenvalue weighted by Gasteiger charge is -1.96. The molecule has 0 amide bonds. The van der Waals surface area contributed by atoms with E-state index >= 15 is 0 Å². The zero-order valence-corrected chi connectivity index (χ0v) is 9.88. The van der Waals surface area contributed by atoms with Crippen molar-refractivity contribution in [2.24, 2.45) is 0 Å². The van der Waals surface area contributed by atoms with Crippen molar-refractivity contribution in [1.29, 1.82) is 0 Å². The molecular weight excluding hydrogens is 292 g/mol. The van der Waals surface area contributed by atoms with Crippen molar-refractivity contribution in [3.05, 3.63) is 44.6 Å². The highest BCUT2D eigenvalue weighted by Gasteiger charge is 2.17. The lowest BCUT2D eigenvalue weighted by Crippen LogP contribution is -1.90. The zero-order chi connectivity index (χ0) is 12.4. The fourth-order valence-electron chi connectivity index (χ4n) is 1.35. The van der Waals surface area contributed by atoms with E-state index in [2.05, 4.69) is 21.1 Å². The van der Waals surface area contributed by atoms with Gasteiger partial charge in [-0.05, 0) is 15.9 Å². The second-order valence-electron chi connectivity index (χ2n) is 3.14. The molecule has 0 saturated carbocycles. The molecule has 0 N–H and O–H groups in total. The van der Waals surface area contributed by atoms with Crippen LogP contribution in [-0.4, -0.2) is 16.4 Å². The monoisotopic (exact) mass is 296 g/mol. The van der Waals surface area contributed by atoms with E-state index in [-0.39, 0.29) is 21.6 Å². The Bertz CT molecular complexity index is 594. The van der Waals surface area contributed by atoms with Crippen molar-refractivity contribution in [3.8, 4) is 11.3 Å². The van der Waals surface area contributed by atoms with Crippen molar-refractivity contribution in [3.63, 3.8) is 0 Å². The third-order valence-electron chi connectivity index (χ3n) is 2.13. The SMILES string of the molecule is O=Cc1c(-c2cccc([N+](=O)[O-])c2)noc1Br. The Morgan fingerprint density at radius 3 is 2.88 bits per heavy atom. The zero-order valence-electron chi connectivity index (χ0n) is 8.29. The summed E-state index contributed by atoms with van der Waals surface area (Å²) in [6, 6.07) is 5.82. The van der Waals surface area contributed by atoms with Crippen LogP contribution in [-0.2, 0) is 0 Å². The first-order valence-corrected chi connectivity index (χ1v) is 5.28. The number of nitro groups is 1. The number of rotatable bonds is 3. The van der Waals surface area contributed by atoms with Crippen LogP contribution in [0.3, 0.4) is 0 Å². The Kier molecular flexibility index (Phi) is 3.01. The van der Waals surface area contributed by atoms with Crippen LogP contribution >= 0.6 is 15.9 Å². The van der Waals surface area contributed by atoms with Crippen molar-refractivity contribution in [2.45, 2.75) is 0 Å². The van der Waals surface area contributed by atoms with E-state index in [0.717, 1.165) is 0 Å². The summed E-state index contributed by atoms with van der Waals surface area (Å²) in [5, 5.41) is 14.3. The molecule has 0 radical (unpaired) electrons. The first kappa shape index (κ1) is 11.5. The minimum absolute atomic E-state index is 0.0709. The largest absolute Gasteiger partial charge is 0.348 e. The number of non-ortho nitro benzene ring substituents is 1. The second kappa shape index (κ2) is 4.46. The summed E-state index contributed by atoms with van der Waals surface area (Å²) >= 11 is 3.03. The average Bonchev–Trinajstić information content (AvgIpc) is 2.70. The van der Waals surface area contributed by atoms with Gasteiger partial charge in [-0.25, -0.2) is 0 Å². The molecule has 1 aromatic carbocycles. The standard InChI is InChI=1S/C10H5BrN2O4/c11-10-8(5-14)9(12-17-10)6-2-1-3-7(4-6)13(15)16/h1-5H. The molecule has 0 saturated heterocycles.